The molecule has 6 nitrogen and oxygen atoms in total. The maximum Gasteiger partial charge on any atom is 1.00 e. The van der Waals surface area contributed by atoms with Gasteiger partial charge in [0.2, 0.25) is 0 Å². The van der Waals surface area contributed by atoms with Crippen molar-refractivity contribution in [2.45, 2.75) is 83.0 Å². The molecule has 27 heavy (non-hydrogen) atoms. The van der Waals surface area contributed by atoms with Crippen LogP contribution in [0.2, 0.25) is 0 Å². The molecule has 3 rings (SSSR count). The number of carbonyl (C=O) groups excluding carboxylic acids is 1. The Hall–Kier alpha value is 0.310. The first-order chi connectivity index (χ1) is 12.1. The van der Waals surface area contributed by atoms with Gasteiger partial charge in [0.1, 0.15) is 0 Å². The molecule has 1 spiro atoms. The Morgan fingerprint density at radius 1 is 1.11 bits per heavy atom. The first-order valence-corrected chi connectivity index (χ1v) is 9.89. The number of carboxylic acids is 1. The maximum atomic E-state index is 11.3. The van der Waals surface area contributed by atoms with Gasteiger partial charge in [0.25, 0.3) is 0 Å². The summed E-state index contributed by atoms with van der Waals surface area (Å²) in [6.07, 6.45) is 3.48. The molecule has 0 aromatic heterocycles. The fourth-order valence-corrected chi connectivity index (χ4v) is 6.69. The molecule has 2 saturated carbocycles. The second-order valence-electron chi connectivity index (χ2n) is 9.55. The van der Waals surface area contributed by atoms with Gasteiger partial charge in [-0.1, -0.05) is 20.8 Å². The number of aliphatic hydroxyl groups is 3. The number of ether oxygens (including phenoxy) is 1. The monoisotopic (exact) mass is 392 g/mol. The average Bonchev–Trinajstić information content (AvgIpc) is 2.98. The summed E-state index contributed by atoms with van der Waals surface area (Å²) >= 11 is 0. The Balaban J connectivity index is 0.00000261. The summed E-state index contributed by atoms with van der Waals surface area (Å²) in [4.78, 5) is 11.3. The zero-order valence-electron chi connectivity index (χ0n) is 17.2. The van der Waals surface area contributed by atoms with Crippen LogP contribution in [0.3, 0.4) is 0 Å². The van der Waals surface area contributed by atoms with Gasteiger partial charge in [0.15, 0.2) is 0 Å². The van der Waals surface area contributed by atoms with Crippen LogP contribution in [0.25, 0.3) is 0 Å². The van der Waals surface area contributed by atoms with Crippen molar-refractivity contribution in [1.82, 2.24) is 0 Å². The normalized spacial score (nSPS) is 49.5. The summed E-state index contributed by atoms with van der Waals surface area (Å²) in [5.41, 5.74) is -2.53. The van der Waals surface area contributed by atoms with Crippen molar-refractivity contribution in [3.8, 4) is 0 Å². The molecule has 3 unspecified atom stereocenters. The van der Waals surface area contributed by atoms with E-state index in [1.807, 2.05) is 6.92 Å². The van der Waals surface area contributed by atoms with Crippen LogP contribution in [0.5, 0.6) is 0 Å². The molecular weight excluding hydrogens is 359 g/mol. The molecule has 150 valence electrons. The maximum absolute atomic E-state index is 11.3. The molecule has 3 aliphatic rings. The standard InChI is InChI=1S/C20H34O6.Na/c1-13-4-5-14-17(2,11-21)15(23)6-7-18(14,3)20(13)9-8-19(12-22,26-20)10-16(24)25;/h13-15,21-23H,4-12H2,1-3H3,(H,24,25);/q;+1/p-1/t13?,14?,15-,17-,18-,19?,20+;/m0./s1. The smallest absolute Gasteiger partial charge is 0.550 e. The van der Waals surface area contributed by atoms with Crippen LogP contribution in [0, 0.1) is 22.7 Å². The van der Waals surface area contributed by atoms with E-state index in [0.717, 1.165) is 19.3 Å². The number of rotatable bonds is 4. The zero-order chi connectivity index (χ0) is 19.4. The van der Waals surface area contributed by atoms with Crippen LogP contribution in [-0.4, -0.2) is 51.8 Å². The van der Waals surface area contributed by atoms with Crippen molar-refractivity contribution in [3.63, 3.8) is 0 Å². The van der Waals surface area contributed by atoms with Crippen molar-refractivity contribution in [2.75, 3.05) is 13.2 Å². The van der Waals surface area contributed by atoms with Crippen LogP contribution < -0.4 is 34.7 Å². The van der Waals surface area contributed by atoms with Gasteiger partial charge < -0.3 is 30.0 Å². The molecule has 1 heterocycles. The summed E-state index contributed by atoms with van der Waals surface area (Å²) in [7, 11) is 0. The molecule has 0 amide bonds. The third-order valence-corrected chi connectivity index (χ3v) is 8.36. The Bertz CT molecular complexity index is 573. The number of fused-ring (bicyclic) bond motifs is 2. The molecule has 0 aromatic rings. The Kier molecular flexibility index (Phi) is 6.87. The third-order valence-electron chi connectivity index (χ3n) is 8.36. The van der Waals surface area contributed by atoms with Crippen molar-refractivity contribution < 1.29 is 59.5 Å². The minimum atomic E-state index is -1.21. The van der Waals surface area contributed by atoms with E-state index in [1.165, 1.54) is 0 Å². The quantitative estimate of drug-likeness (QED) is 0.461. The molecule has 2 aliphatic carbocycles. The van der Waals surface area contributed by atoms with Gasteiger partial charge in [-0.15, -0.1) is 0 Å². The summed E-state index contributed by atoms with van der Waals surface area (Å²) < 4.78 is 6.56. The fourth-order valence-electron chi connectivity index (χ4n) is 6.69. The molecule has 1 saturated heterocycles. The van der Waals surface area contributed by atoms with Crippen molar-refractivity contribution in [1.29, 1.82) is 0 Å². The zero-order valence-corrected chi connectivity index (χ0v) is 19.2. The SMILES string of the molecule is CC1CCC2[C@](C)(CO)[C@@H](O)CC[C@]2(C)[C@@]12CCC(CO)(CC(=O)[O-])O2.[Na+]. The van der Waals surface area contributed by atoms with E-state index in [1.54, 1.807) is 0 Å². The van der Waals surface area contributed by atoms with Gasteiger partial charge in [0.05, 0.1) is 30.5 Å². The van der Waals surface area contributed by atoms with Gasteiger partial charge in [-0.05, 0) is 50.4 Å². The molecule has 0 bridgehead atoms. The number of aliphatic hydroxyl groups excluding tert-OH is 3. The summed E-state index contributed by atoms with van der Waals surface area (Å²) in [5.74, 6) is -0.907. The van der Waals surface area contributed by atoms with Gasteiger partial charge in [-0.2, -0.15) is 0 Å². The van der Waals surface area contributed by atoms with Crippen LogP contribution >= 0.6 is 0 Å². The van der Waals surface area contributed by atoms with E-state index in [-0.39, 0.29) is 66.4 Å². The Labute approximate surface area is 184 Å². The van der Waals surface area contributed by atoms with E-state index in [2.05, 4.69) is 13.8 Å². The van der Waals surface area contributed by atoms with Crippen LogP contribution in [0.4, 0.5) is 0 Å². The summed E-state index contributed by atoms with van der Waals surface area (Å²) in [5, 5.41) is 41.9. The average molecular weight is 392 g/mol. The van der Waals surface area contributed by atoms with Crippen molar-refractivity contribution in [3.05, 3.63) is 0 Å². The fraction of sp³-hybridized carbons (Fsp3) is 0.950. The number of hydrogen-bond donors (Lipinski definition) is 3. The van der Waals surface area contributed by atoms with Gasteiger partial charge in [-0.25, -0.2) is 0 Å². The number of aliphatic carboxylic acids is 1. The topological polar surface area (TPSA) is 110 Å². The van der Waals surface area contributed by atoms with E-state index in [4.69, 9.17) is 4.74 Å². The van der Waals surface area contributed by atoms with Crippen LogP contribution in [0.1, 0.15) is 65.7 Å². The van der Waals surface area contributed by atoms with Gasteiger partial charge in [0, 0.05) is 23.2 Å². The molecule has 3 fully saturated rings. The van der Waals surface area contributed by atoms with Crippen molar-refractivity contribution in [2.24, 2.45) is 22.7 Å². The molecule has 0 aromatic carbocycles. The second kappa shape index (κ2) is 7.86. The number of carbonyl (C=O) groups is 1. The largest absolute Gasteiger partial charge is 1.00 e. The number of hydrogen-bond acceptors (Lipinski definition) is 6. The molecule has 7 atom stereocenters. The predicted octanol–water partition coefficient (Wildman–Crippen LogP) is -2.38. The minimum Gasteiger partial charge on any atom is -0.550 e. The first-order valence-electron chi connectivity index (χ1n) is 9.89. The van der Waals surface area contributed by atoms with Crippen LogP contribution in [0.15, 0.2) is 0 Å². The van der Waals surface area contributed by atoms with Crippen molar-refractivity contribution >= 4 is 5.97 Å². The van der Waals surface area contributed by atoms with Crippen LogP contribution in [-0.2, 0) is 9.53 Å². The Morgan fingerprint density at radius 2 is 1.78 bits per heavy atom. The molecule has 7 heteroatoms. The van der Waals surface area contributed by atoms with Gasteiger partial charge >= 0.3 is 29.6 Å². The third kappa shape index (κ3) is 3.33. The Morgan fingerprint density at radius 3 is 2.33 bits per heavy atom. The molecule has 0 radical (unpaired) electrons. The van der Waals surface area contributed by atoms with Gasteiger partial charge in [-0.3, -0.25) is 0 Å². The van der Waals surface area contributed by atoms with E-state index < -0.39 is 28.7 Å². The van der Waals surface area contributed by atoms with E-state index in [9.17, 15) is 25.2 Å². The minimum absolute atomic E-state index is 0. The molecular formula is C20H33NaO6. The summed E-state index contributed by atoms with van der Waals surface area (Å²) in [6.45, 7) is 5.87. The predicted molar refractivity (Wildman–Crippen MR) is 92.9 cm³/mol. The first kappa shape index (κ1) is 23.6. The number of carboxylic acid groups (broad SMARTS) is 1. The molecule has 1 aliphatic heterocycles. The van der Waals surface area contributed by atoms with E-state index >= 15 is 0 Å². The second-order valence-corrected chi connectivity index (χ2v) is 9.55. The van der Waals surface area contributed by atoms with E-state index in [0.29, 0.717) is 19.3 Å². The summed E-state index contributed by atoms with van der Waals surface area (Å²) in [6, 6.07) is 0. The molecule has 3 N–H and O–H groups in total.